The Bertz CT molecular complexity index is 608. The molecule has 1 aromatic heterocycles. The first kappa shape index (κ1) is 18.4. The summed E-state index contributed by atoms with van der Waals surface area (Å²) in [6.07, 6.45) is 1.93. The lowest BCUT2D eigenvalue weighted by Crippen LogP contribution is -2.41. The highest BCUT2D eigenvalue weighted by Gasteiger charge is 2.12. The van der Waals surface area contributed by atoms with Crippen LogP contribution in [0.1, 0.15) is 11.1 Å². The first-order valence-electron chi connectivity index (χ1n) is 8.16. The largest absolute Gasteiger partial charge is 0.508 e. The van der Waals surface area contributed by atoms with E-state index in [4.69, 9.17) is 0 Å². The number of thiophene rings is 1. The number of phenols is 1. The van der Waals surface area contributed by atoms with Gasteiger partial charge in [-0.1, -0.05) is 18.7 Å². The summed E-state index contributed by atoms with van der Waals surface area (Å²) in [5.74, 6) is 1.17. The molecule has 0 unspecified atom stereocenters. The number of benzene rings is 1. The van der Waals surface area contributed by atoms with Crippen molar-refractivity contribution in [2.75, 3.05) is 27.2 Å². The Labute approximate surface area is 148 Å². The van der Waals surface area contributed by atoms with E-state index in [1.807, 2.05) is 12.1 Å². The van der Waals surface area contributed by atoms with Crippen LogP contribution in [0.2, 0.25) is 0 Å². The van der Waals surface area contributed by atoms with Gasteiger partial charge in [-0.05, 0) is 67.0 Å². The van der Waals surface area contributed by atoms with E-state index in [0.717, 1.165) is 31.8 Å². The summed E-state index contributed by atoms with van der Waals surface area (Å²) in [7, 11) is 4.17. The standard InChI is InChI=1S/C19H27N3OS/c1-15(20-10-8-17-9-11-24-14-17)21-13-18(22(2)3)12-16-4-6-19(23)7-5-16/h4-7,9,11,14,18,20-21,23H,1,8,10,12-13H2,2-3H3/t18-/m0/s1. The van der Waals surface area contributed by atoms with Gasteiger partial charge in [0.25, 0.3) is 0 Å². The molecule has 1 heterocycles. The summed E-state index contributed by atoms with van der Waals surface area (Å²) in [6.45, 7) is 5.75. The first-order chi connectivity index (χ1) is 11.5. The molecule has 0 radical (unpaired) electrons. The molecule has 1 atom stereocenters. The van der Waals surface area contributed by atoms with Crippen LogP contribution in [-0.2, 0) is 12.8 Å². The molecule has 0 bridgehead atoms. The van der Waals surface area contributed by atoms with Gasteiger partial charge < -0.3 is 20.6 Å². The minimum Gasteiger partial charge on any atom is -0.508 e. The van der Waals surface area contributed by atoms with Gasteiger partial charge in [0.2, 0.25) is 0 Å². The predicted octanol–water partition coefficient (Wildman–Crippen LogP) is 2.82. The van der Waals surface area contributed by atoms with Crippen LogP contribution in [0.3, 0.4) is 0 Å². The van der Waals surface area contributed by atoms with Crippen molar-refractivity contribution in [1.29, 1.82) is 0 Å². The lowest BCUT2D eigenvalue weighted by molar-refractivity contribution is 0.285. The van der Waals surface area contributed by atoms with Crippen LogP contribution in [0.4, 0.5) is 0 Å². The number of phenolic OH excluding ortho intramolecular Hbond substituents is 1. The summed E-state index contributed by atoms with van der Waals surface area (Å²) < 4.78 is 0. The molecule has 0 amide bonds. The number of rotatable bonds is 10. The second-order valence-electron chi connectivity index (χ2n) is 6.16. The van der Waals surface area contributed by atoms with Crippen molar-refractivity contribution in [3.05, 3.63) is 64.6 Å². The fourth-order valence-corrected chi connectivity index (χ4v) is 3.14. The second-order valence-corrected chi connectivity index (χ2v) is 6.94. The van der Waals surface area contributed by atoms with Gasteiger partial charge in [-0.25, -0.2) is 0 Å². The van der Waals surface area contributed by atoms with Crippen LogP contribution in [0.25, 0.3) is 0 Å². The maximum absolute atomic E-state index is 9.39. The molecule has 5 heteroatoms. The van der Waals surface area contributed by atoms with Crippen LogP contribution in [0, 0.1) is 0 Å². The van der Waals surface area contributed by atoms with Gasteiger partial charge in [0.15, 0.2) is 0 Å². The van der Waals surface area contributed by atoms with Gasteiger partial charge in [0, 0.05) is 19.1 Å². The molecule has 0 fully saturated rings. The van der Waals surface area contributed by atoms with E-state index in [0.29, 0.717) is 11.8 Å². The van der Waals surface area contributed by atoms with Crippen molar-refractivity contribution in [3.8, 4) is 5.75 Å². The average molecular weight is 346 g/mol. The molecule has 3 N–H and O–H groups in total. The molecule has 0 spiro atoms. The fraction of sp³-hybridized carbons (Fsp3) is 0.368. The van der Waals surface area contributed by atoms with E-state index in [1.165, 1.54) is 11.1 Å². The number of likely N-dealkylation sites (N-methyl/N-ethyl adjacent to an activating group) is 1. The Kier molecular flexibility index (Phi) is 7.15. The highest BCUT2D eigenvalue weighted by atomic mass is 32.1. The zero-order chi connectivity index (χ0) is 17.4. The number of nitrogens with one attached hydrogen (secondary N) is 2. The van der Waals surface area contributed by atoms with Crippen molar-refractivity contribution < 1.29 is 5.11 Å². The van der Waals surface area contributed by atoms with Crippen molar-refractivity contribution in [3.63, 3.8) is 0 Å². The fourth-order valence-electron chi connectivity index (χ4n) is 2.44. The average Bonchev–Trinajstić information content (AvgIpc) is 3.06. The summed E-state index contributed by atoms with van der Waals surface area (Å²) in [5, 5.41) is 20.4. The predicted molar refractivity (Wildman–Crippen MR) is 102 cm³/mol. The molecule has 0 aliphatic carbocycles. The third-order valence-corrected chi connectivity index (χ3v) is 4.75. The molecular formula is C19H27N3OS. The Hall–Kier alpha value is -1.98. The van der Waals surface area contributed by atoms with E-state index in [1.54, 1.807) is 23.5 Å². The Morgan fingerprint density at radius 1 is 1.17 bits per heavy atom. The molecule has 0 aliphatic rings. The number of hydrogen-bond donors (Lipinski definition) is 3. The molecule has 0 saturated heterocycles. The molecular weight excluding hydrogens is 318 g/mol. The first-order valence-corrected chi connectivity index (χ1v) is 9.11. The Balaban J connectivity index is 1.73. The minimum absolute atomic E-state index is 0.307. The molecule has 130 valence electrons. The zero-order valence-corrected chi connectivity index (χ0v) is 15.3. The van der Waals surface area contributed by atoms with Crippen LogP contribution >= 0.6 is 11.3 Å². The molecule has 2 rings (SSSR count). The maximum Gasteiger partial charge on any atom is 0.115 e. The highest BCUT2D eigenvalue weighted by Crippen LogP contribution is 2.12. The van der Waals surface area contributed by atoms with Crippen LogP contribution in [0.15, 0.2) is 53.5 Å². The summed E-state index contributed by atoms with van der Waals surface area (Å²) >= 11 is 1.73. The van der Waals surface area contributed by atoms with Gasteiger partial charge in [-0.3, -0.25) is 0 Å². The topological polar surface area (TPSA) is 47.5 Å². The van der Waals surface area contributed by atoms with Gasteiger partial charge in [-0.15, -0.1) is 0 Å². The molecule has 4 nitrogen and oxygen atoms in total. The third-order valence-electron chi connectivity index (χ3n) is 4.02. The quantitative estimate of drug-likeness (QED) is 0.620. The molecule has 1 aromatic carbocycles. The number of aromatic hydroxyl groups is 1. The van der Waals surface area contributed by atoms with E-state index < -0.39 is 0 Å². The van der Waals surface area contributed by atoms with Gasteiger partial charge in [0.1, 0.15) is 5.75 Å². The number of hydrogen-bond acceptors (Lipinski definition) is 5. The van der Waals surface area contributed by atoms with Crippen LogP contribution in [-0.4, -0.2) is 43.2 Å². The van der Waals surface area contributed by atoms with E-state index >= 15 is 0 Å². The highest BCUT2D eigenvalue weighted by molar-refractivity contribution is 7.07. The van der Waals surface area contributed by atoms with E-state index in [2.05, 4.69) is 53.0 Å². The monoisotopic (exact) mass is 345 g/mol. The normalized spacial score (nSPS) is 12.1. The van der Waals surface area contributed by atoms with Gasteiger partial charge >= 0.3 is 0 Å². The lowest BCUT2D eigenvalue weighted by Gasteiger charge is -2.26. The van der Waals surface area contributed by atoms with Gasteiger partial charge in [-0.2, -0.15) is 11.3 Å². The van der Waals surface area contributed by atoms with Crippen LogP contribution in [0.5, 0.6) is 5.75 Å². The van der Waals surface area contributed by atoms with Crippen molar-refractivity contribution in [2.24, 2.45) is 0 Å². The van der Waals surface area contributed by atoms with Crippen molar-refractivity contribution >= 4 is 11.3 Å². The maximum atomic E-state index is 9.39. The van der Waals surface area contributed by atoms with Crippen molar-refractivity contribution in [2.45, 2.75) is 18.9 Å². The molecule has 0 saturated carbocycles. The summed E-state index contributed by atoms with van der Waals surface area (Å²) in [6, 6.07) is 9.92. The Morgan fingerprint density at radius 2 is 1.92 bits per heavy atom. The summed E-state index contributed by atoms with van der Waals surface area (Å²) in [5.41, 5.74) is 2.57. The molecule has 0 aliphatic heterocycles. The van der Waals surface area contributed by atoms with Gasteiger partial charge in [0.05, 0.1) is 5.82 Å². The lowest BCUT2D eigenvalue weighted by atomic mass is 10.0. The van der Waals surface area contributed by atoms with Crippen LogP contribution < -0.4 is 10.6 Å². The summed E-state index contributed by atoms with van der Waals surface area (Å²) in [4.78, 5) is 2.21. The Morgan fingerprint density at radius 3 is 2.54 bits per heavy atom. The second kappa shape index (κ2) is 9.35. The SMILES string of the molecule is C=C(NCCc1ccsc1)NC[C@H](Cc1ccc(O)cc1)N(C)C. The zero-order valence-electron chi connectivity index (χ0n) is 14.5. The van der Waals surface area contributed by atoms with E-state index in [9.17, 15) is 5.11 Å². The van der Waals surface area contributed by atoms with Crippen molar-refractivity contribution in [1.82, 2.24) is 15.5 Å². The third kappa shape index (κ3) is 6.26. The smallest absolute Gasteiger partial charge is 0.115 e. The molecule has 24 heavy (non-hydrogen) atoms. The number of nitrogens with zero attached hydrogens (tertiary/aromatic N) is 1. The minimum atomic E-state index is 0.307. The van der Waals surface area contributed by atoms with E-state index in [-0.39, 0.29) is 0 Å². The molecule has 2 aromatic rings.